The van der Waals surface area contributed by atoms with Crippen LogP contribution in [0.5, 0.6) is 5.88 Å². The number of anilines is 1. The number of terminal acetylenes is 1. The van der Waals surface area contributed by atoms with Crippen LogP contribution in [0.25, 0.3) is 0 Å². The van der Waals surface area contributed by atoms with Crippen LogP contribution in [-0.4, -0.2) is 16.1 Å². The first-order valence-electron chi connectivity index (χ1n) is 3.79. The molecule has 0 saturated carbocycles. The average molecular weight is 196 g/mol. The fraction of sp³-hybridized carbons (Fsp3) is 0.250. The Morgan fingerprint density at radius 2 is 2.50 bits per heavy atom. The minimum Gasteiger partial charge on any atom is -0.459 e. The molecule has 0 aliphatic rings. The molecule has 0 aromatic carbocycles. The third-order valence-electron chi connectivity index (χ3n) is 1.36. The van der Waals surface area contributed by atoms with Crippen molar-refractivity contribution < 1.29 is 9.13 Å². The van der Waals surface area contributed by atoms with Gasteiger partial charge in [0.1, 0.15) is 0 Å². The van der Waals surface area contributed by atoms with Gasteiger partial charge >= 0.3 is 0 Å². The highest BCUT2D eigenvalue weighted by molar-refractivity contribution is 5.26. The molecule has 1 atom stereocenters. The summed E-state index contributed by atoms with van der Waals surface area (Å²) in [6, 6.07) is 0. The van der Waals surface area contributed by atoms with Gasteiger partial charge in [0.15, 0.2) is 6.10 Å². The van der Waals surface area contributed by atoms with Crippen LogP contribution in [0.3, 0.4) is 0 Å². The molecule has 1 unspecified atom stereocenters. The van der Waals surface area contributed by atoms with Gasteiger partial charge in [-0.2, -0.15) is 9.37 Å². The Balaban J connectivity index is 2.90. The molecule has 74 valence electrons. The van der Waals surface area contributed by atoms with Crippen LogP contribution in [0.15, 0.2) is 6.20 Å². The summed E-state index contributed by atoms with van der Waals surface area (Å²) >= 11 is 0. The number of nitrogens with zero attached hydrogens (tertiary/aromatic N) is 2. The van der Waals surface area contributed by atoms with Crippen LogP contribution >= 0.6 is 0 Å². The molecule has 0 saturated heterocycles. The number of nitrogen functional groups attached to an aromatic ring is 1. The van der Waals surface area contributed by atoms with Crippen molar-refractivity contribution in [2.75, 3.05) is 5.43 Å². The summed E-state index contributed by atoms with van der Waals surface area (Å²) in [7, 11) is 0. The molecule has 0 amide bonds. The summed E-state index contributed by atoms with van der Waals surface area (Å²) in [6.45, 7) is 1.59. The number of halogens is 1. The Morgan fingerprint density at radius 3 is 3.07 bits per heavy atom. The summed E-state index contributed by atoms with van der Waals surface area (Å²) < 4.78 is 18.0. The van der Waals surface area contributed by atoms with Crippen molar-refractivity contribution in [1.29, 1.82) is 0 Å². The number of hydrogen-bond acceptors (Lipinski definition) is 5. The topological polar surface area (TPSA) is 73.1 Å². The average Bonchev–Trinajstić information content (AvgIpc) is 2.21. The van der Waals surface area contributed by atoms with Gasteiger partial charge in [-0.15, -0.1) is 6.42 Å². The molecule has 0 aliphatic carbocycles. The standard InChI is InChI=1S/C8H9FN4O/c1-3-5(2)14-7-6(9)4-11-8(12-7)13-10/h1,4-5H,10H2,2H3,(H,11,12,13). The van der Waals surface area contributed by atoms with E-state index >= 15 is 0 Å². The molecule has 0 aliphatic heterocycles. The van der Waals surface area contributed by atoms with Crippen molar-refractivity contribution in [2.24, 2.45) is 5.84 Å². The normalized spacial score (nSPS) is 11.6. The van der Waals surface area contributed by atoms with Crippen LogP contribution in [0.1, 0.15) is 6.92 Å². The molecule has 0 bridgehead atoms. The highest BCUT2D eigenvalue weighted by Gasteiger charge is 2.09. The van der Waals surface area contributed by atoms with Gasteiger partial charge in [0.2, 0.25) is 11.8 Å². The summed E-state index contributed by atoms with van der Waals surface area (Å²) in [5, 5.41) is 0. The lowest BCUT2D eigenvalue weighted by atomic mass is 10.4. The van der Waals surface area contributed by atoms with Gasteiger partial charge < -0.3 is 4.74 Å². The molecule has 0 fully saturated rings. The number of nitrogens with two attached hydrogens (primary N) is 1. The monoisotopic (exact) mass is 196 g/mol. The number of hydrogen-bond donors (Lipinski definition) is 2. The SMILES string of the molecule is C#CC(C)Oc1nc(NN)ncc1F. The maximum absolute atomic E-state index is 13.0. The molecule has 6 heteroatoms. The van der Waals surface area contributed by atoms with E-state index in [1.807, 2.05) is 0 Å². The number of aromatic nitrogens is 2. The van der Waals surface area contributed by atoms with E-state index in [0.29, 0.717) is 0 Å². The molecule has 14 heavy (non-hydrogen) atoms. The Labute approximate surface area is 80.5 Å². The maximum Gasteiger partial charge on any atom is 0.256 e. The van der Waals surface area contributed by atoms with E-state index in [0.717, 1.165) is 6.20 Å². The zero-order chi connectivity index (χ0) is 10.6. The Bertz CT molecular complexity index is 363. The van der Waals surface area contributed by atoms with Crippen molar-refractivity contribution in [3.8, 4) is 18.2 Å². The number of rotatable bonds is 3. The summed E-state index contributed by atoms with van der Waals surface area (Å²) in [4.78, 5) is 7.18. The van der Waals surface area contributed by atoms with E-state index < -0.39 is 11.9 Å². The van der Waals surface area contributed by atoms with Gasteiger partial charge in [0, 0.05) is 0 Å². The second-order valence-corrected chi connectivity index (χ2v) is 2.42. The van der Waals surface area contributed by atoms with Crippen LogP contribution < -0.4 is 16.0 Å². The van der Waals surface area contributed by atoms with Crippen molar-refractivity contribution in [1.82, 2.24) is 9.97 Å². The zero-order valence-corrected chi connectivity index (χ0v) is 7.49. The van der Waals surface area contributed by atoms with Crippen LogP contribution in [-0.2, 0) is 0 Å². The van der Waals surface area contributed by atoms with Crippen LogP contribution in [0, 0.1) is 18.2 Å². The lowest BCUT2D eigenvalue weighted by Gasteiger charge is -2.08. The second-order valence-electron chi connectivity index (χ2n) is 2.42. The van der Waals surface area contributed by atoms with E-state index in [9.17, 15) is 4.39 Å². The summed E-state index contributed by atoms with van der Waals surface area (Å²) in [5.41, 5.74) is 2.17. The van der Waals surface area contributed by atoms with Gasteiger partial charge in [-0.05, 0) is 6.92 Å². The summed E-state index contributed by atoms with van der Waals surface area (Å²) in [5.74, 6) is 6.46. The highest BCUT2D eigenvalue weighted by atomic mass is 19.1. The van der Waals surface area contributed by atoms with Crippen molar-refractivity contribution in [2.45, 2.75) is 13.0 Å². The van der Waals surface area contributed by atoms with E-state index in [2.05, 4.69) is 21.3 Å². The molecular weight excluding hydrogens is 187 g/mol. The Morgan fingerprint density at radius 1 is 1.79 bits per heavy atom. The van der Waals surface area contributed by atoms with E-state index in [4.69, 9.17) is 17.0 Å². The van der Waals surface area contributed by atoms with Crippen LogP contribution in [0.2, 0.25) is 0 Å². The van der Waals surface area contributed by atoms with E-state index in [-0.39, 0.29) is 11.8 Å². The molecule has 3 N–H and O–H groups in total. The molecule has 1 rings (SSSR count). The predicted octanol–water partition coefficient (Wildman–Crippen LogP) is 0.302. The molecule has 5 nitrogen and oxygen atoms in total. The molecular formula is C8H9FN4O. The number of hydrazine groups is 1. The van der Waals surface area contributed by atoms with E-state index in [1.54, 1.807) is 6.92 Å². The minimum absolute atomic E-state index is 0.0608. The van der Waals surface area contributed by atoms with Crippen molar-refractivity contribution in [3.63, 3.8) is 0 Å². The van der Waals surface area contributed by atoms with Gasteiger partial charge in [-0.25, -0.2) is 10.8 Å². The first-order valence-corrected chi connectivity index (χ1v) is 3.79. The summed E-state index contributed by atoms with van der Waals surface area (Å²) in [6.07, 6.45) is 5.44. The number of nitrogens with one attached hydrogen (secondary N) is 1. The van der Waals surface area contributed by atoms with Gasteiger partial charge in [-0.1, -0.05) is 5.92 Å². The minimum atomic E-state index is -0.689. The van der Waals surface area contributed by atoms with Crippen molar-refractivity contribution >= 4 is 5.95 Å². The first-order chi connectivity index (χ1) is 6.67. The van der Waals surface area contributed by atoms with Crippen molar-refractivity contribution in [3.05, 3.63) is 12.0 Å². The smallest absolute Gasteiger partial charge is 0.256 e. The Hall–Kier alpha value is -1.87. The highest BCUT2D eigenvalue weighted by Crippen LogP contribution is 2.15. The lowest BCUT2D eigenvalue weighted by molar-refractivity contribution is 0.253. The third-order valence-corrected chi connectivity index (χ3v) is 1.36. The largest absolute Gasteiger partial charge is 0.459 e. The van der Waals surface area contributed by atoms with Gasteiger partial charge in [0.05, 0.1) is 6.20 Å². The maximum atomic E-state index is 13.0. The molecule has 1 aromatic heterocycles. The quantitative estimate of drug-likeness (QED) is 0.413. The van der Waals surface area contributed by atoms with Gasteiger partial charge in [0.25, 0.3) is 5.88 Å². The zero-order valence-electron chi connectivity index (χ0n) is 7.49. The third kappa shape index (κ3) is 2.31. The molecule has 1 aromatic rings. The first kappa shape index (κ1) is 10.2. The Kier molecular flexibility index (Phi) is 3.20. The fourth-order valence-corrected chi connectivity index (χ4v) is 0.705. The van der Waals surface area contributed by atoms with E-state index in [1.165, 1.54) is 0 Å². The second kappa shape index (κ2) is 4.39. The van der Waals surface area contributed by atoms with Gasteiger partial charge in [-0.3, -0.25) is 5.43 Å². The molecule has 0 spiro atoms. The fourth-order valence-electron chi connectivity index (χ4n) is 0.705. The van der Waals surface area contributed by atoms with Crippen LogP contribution in [0.4, 0.5) is 10.3 Å². The predicted molar refractivity (Wildman–Crippen MR) is 48.7 cm³/mol. The number of ether oxygens (including phenoxy) is 1. The molecule has 1 heterocycles. The lowest BCUT2D eigenvalue weighted by Crippen LogP contribution is -2.14. The molecule has 0 radical (unpaired) electrons.